The molecule has 2 aromatic carbocycles. The lowest BCUT2D eigenvalue weighted by atomic mass is 9.94. The molecule has 0 spiro atoms. The van der Waals surface area contributed by atoms with Crippen molar-refractivity contribution in [1.29, 1.82) is 0 Å². The molecule has 1 aliphatic heterocycles. The minimum absolute atomic E-state index is 0.0439. The zero-order valence-electron chi connectivity index (χ0n) is 16.5. The van der Waals surface area contributed by atoms with Gasteiger partial charge >= 0.3 is 5.97 Å². The van der Waals surface area contributed by atoms with Gasteiger partial charge in [-0.25, -0.2) is 4.98 Å². The zero-order chi connectivity index (χ0) is 20.4. The van der Waals surface area contributed by atoms with E-state index >= 15 is 0 Å². The van der Waals surface area contributed by atoms with Crippen molar-refractivity contribution in [3.63, 3.8) is 0 Å². The van der Waals surface area contributed by atoms with Crippen molar-refractivity contribution in [1.82, 2.24) is 14.8 Å². The lowest BCUT2D eigenvalue weighted by Crippen LogP contribution is -2.50. The summed E-state index contributed by atoms with van der Waals surface area (Å²) in [4.78, 5) is 33.4. The number of hydrogen-bond donors (Lipinski definition) is 0. The third-order valence-electron chi connectivity index (χ3n) is 5.29. The minimum Gasteiger partial charge on any atom is -0.468 e. The first-order valence-corrected chi connectivity index (χ1v) is 10.3. The summed E-state index contributed by atoms with van der Waals surface area (Å²) in [5.74, 6) is -0.348. The van der Waals surface area contributed by atoms with E-state index in [9.17, 15) is 9.59 Å². The number of thiazole rings is 1. The molecule has 1 aromatic heterocycles. The second-order valence-electron chi connectivity index (χ2n) is 7.24. The lowest BCUT2D eigenvalue weighted by molar-refractivity contribution is -0.149. The Morgan fingerprint density at radius 3 is 2.66 bits per heavy atom. The van der Waals surface area contributed by atoms with Crippen molar-refractivity contribution in [3.8, 4) is 0 Å². The number of carbonyl (C=O) groups excluding carboxylic acids is 2. The second-order valence-corrected chi connectivity index (χ2v) is 8.36. The van der Waals surface area contributed by atoms with Crippen molar-refractivity contribution in [3.05, 3.63) is 64.7 Å². The van der Waals surface area contributed by atoms with E-state index in [1.54, 1.807) is 23.3 Å². The Labute approximate surface area is 173 Å². The van der Waals surface area contributed by atoms with Crippen LogP contribution in [0.3, 0.4) is 0 Å². The number of aromatic nitrogens is 1. The van der Waals surface area contributed by atoms with Gasteiger partial charge in [-0.05, 0) is 29.7 Å². The number of amides is 1. The first-order valence-electron chi connectivity index (χ1n) is 9.52. The van der Waals surface area contributed by atoms with Crippen molar-refractivity contribution in [2.75, 3.05) is 20.7 Å². The van der Waals surface area contributed by atoms with Crippen molar-refractivity contribution >= 4 is 33.4 Å². The molecule has 0 aliphatic carbocycles. The third-order valence-corrected chi connectivity index (χ3v) is 6.31. The Morgan fingerprint density at radius 1 is 1.17 bits per heavy atom. The summed E-state index contributed by atoms with van der Waals surface area (Å²) in [5.41, 5.74) is 3.23. The lowest BCUT2D eigenvalue weighted by Gasteiger charge is -2.35. The number of fused-ring (bicyclic) bond motifs is 2. The molecule has 1 aliphatic rings. The number of carbonyl (C=O) groups is 2. The van der Waals surface area contributed by atoms with Gasteiger partial charge in [-0.2, -0.15) is 0 Å². The second kappa shape index (κ2) is 8.31. The molecular formula is C22H23N3O3S. The number of benzene rings is 2. The van der Waals surface area contributed by atoms with E-state index in [2.05, 4.69) is 4.98 Å². The highest BCUT2D eigenvalue weighted by Crippen LogP contribution is 2.25. The SMILES string of the molecule is COC(=O)[C@H]1Cc2ccccc2CN1CC(=O)N(C)Cc1nc2ccccc2s1. The smallest absolute Gasteiger partial charge is 0.323 e. The number of nitrogens with zero attached hydrogens (tertiary/aromatic N) is 3. The van der Waals surface area contributed by atoms with Gasteiger partial charge in [0, 0.05) is 13.6 Å². The molecule has 0 N–H and O–H groups in total. The van der Waals surface area contributed by atoms with E-state index in [1.807, 2.05) is 53.4 Å². The maximum Gasteiger partial charge on any atom is 0.323 e. The highest BCUT2D eigenvalue weighted by molar-refractivity contribution is 7.18. The molecule has 7 heteroatoms. The molecule has 0 fully saturated rings. The Bertz CT molecular complexity index is 1020. The van der Waals surface area contributed by atoms with Crippen LogP contribution >= 0.6 is 11.3 Å². The molecule has 150 valence electrons. The van der Waals surface area contributed by atoms with Gasteiger partial charge < -0.3 is 9.64 Å². The van der Waals surface area contributed by atoms with Crippen molar-refractivity contribution < 1.29 is 14.3 Å². The van der Waals surface area contributed by atoms with Gasteiger partial charge in [0.25, 0.3) is 0 Å². The molecule has 0 radical (unpaired) electrons. The minimum atomic E-state index is -0.449. The number of ether oxygens (including phenoxy) is 1. The Hall–Kier alpha value is -2.77. The van der Waals surface area contributed by atoms with Crippen LogP contribution in [0.2, 0.25) is 0 Å². The average Bonchev–Trinajstić information content (AvgIpc) is 3.14. The fraction of sp³-hybridized carbons (Fsp3) is 0.318. The predicted molar refractivity (Wildman–Crippen MR) is 112 cm³/mol. The molecule has 0 unspecified atom stereocenters. The number of methoxy groups -OCH3 is 1. The molecule has 0 bridgehead atoms. The molecule has 6 nitrogen and oxygen atoms in total. The Balaban J connectivity index is 1.47. The van der Waals surface area contributed by atoms with Crippen LogP contribution in [0.4, 0.5) is 0 Å². The van der Waals surface area contributed by atoms with Crippen LogP contribution < -0.4 is 0 Å². The highest BCUT2D eigenvalue weighted by atomic mass is 32.1. The summed E-state index contributed by atoms with van der Waals surface area (Å²) >= 11 is 1.60. The monoisotopic (exact) mass is 409 g/mol. The summed E-state index contributed by atoms with van der Waals surface area (Å²) in [7, 11) is 3.17. The first kappa shape index (κ1) is 19.5. The maximum absolute atomic E-state index is 12.9. The molecule has 0 saturated heterocycles. The zero-order valence-corrected chi connectivity index (χ0v) is 17.3. The van der Waals surface area contributed by atoms with Crippen LogP contribution in [-0.4, -0.2) is 53.4 Å². The van der Waals surface area contributed by atoms with Crippen molar-refractivity contribution in [2.45, 2.75) is 25.6 Å². The fourth-order valence-corrected chi connectivity index (χ4v) is 4.71. The van der Waals surface area contributed by atoms with Crippen LogP contribution in [0.5, 0.6) is 0 Å². The molecule has 29 heavy (non-hydrogen) atoms. The van der Waals surface area contributed by atoms with Gasteiger partial charge in [0.05, 0.1) is 30.4 Å². The van der Waals surface area contributed by atoms with Crippen LogP contribution in [0.25, 0.3) is 10.2 Å². The van der Waals surface area contributed by atoms with Gasteiger partial charge in [-0.3, -0.25) is 14.5 Å². The first-order chi connectivity index (χ1) is 14.0. The quantitative estimate of drug-likeness (QED) is 0.607. The standard InChI is InChI=1S/C22H23N3O3S/c1-24(13-20-23-17-9-5-6-10-19(17)29-20)21(26)14-25-12-16-8-4-3-7-15(16)11-18(25)22(27)28-2/h3-10,18H,11-14H2,1-2H3/t18-/m1/s1. The molecule has 0 saturated carbocycles. The number of para-hydroxylation sites is 1. The Kier molecular flexibility index (Phi) is 5.60. The molecule has 4 rings (SSSR count). The summed E-state index contributed by atoms with van der Waals surface area (Å²) in [6.45, 7) is 1.16. The number of likely N-dealkylation sites (N-methyl/N-ethyl adjacent to an activating group) is 1. The van der Waals surface area contributed by atoms with Gasteiger partial charge in [-0.15, -0.1) is 11.3 Å². The predicted octanol–water partition coefficient (Wildman–Crippen LogP) is 2.85. The number of esters is 1. The van der Waals surface area contributed by atoms with E-state index < -0.39 is 6.04 Å². The van der Waals surface area contributed by atoms with E-state index in [0.29, 0.717) is 19.5 Å². The van der Waals surface area contributed by atoms with Gasteiger partial charge in [0.15, 0.2) is 0 Å². The largest absolute Gasteiger partial charge is 0.468 e. The maximum atomic E-state index is 12.9. The van der Waals surface area contributed by atoms with Gasteiger partial charge in [0.1, 0.15) is 11.0 Å². The summed E-state index contributed by atoms with van der Waals surface area (Å²) < 4.78 is 6.11. The summed E-state index contributed by atoms with van der Waals surface area (Å²) in [6.07, 6.45) is 0.553. The molecule has 3 aromatic rings. The molecule has 1 atom stereocenters. The number of rotatable bonds is 5. The highest BCUT2D eigenvalue weighted by Gasteiger charge is 2.33. The normalized spacial score (nSPS) is 16.4. The molecule has 2 heterocycles. The van der Waals surface area contributed by atoms with E-state index in [1.165, 1.54) is 7.11 Å². The summed E-state index contributed by atoms with van der Waals surface area (Å²) in [5, 5.41) is 0.899. The number of hydrogen-bond acceptors (Lipinski definition) is 6. The van der Waals surface area contributed by atoms with E-state index in [4.69, 9.17) is 4.74 Å². The van der Waals surface area contributed by atoms with Crippen LogP contribution in [-0.2, 0) is 33.8 Å². The van der Waals surface area contributed by atoms with Crippen LogP contribution in [0.15, 0.2) is 48.5 Å². The van der Waals surface area contributed by atoms with E-state index in [0.717, 1.165) is 26.4 Å². The van der Waals surface area contributed by atoms with E-state index in [-0.39, 0.29) is 18.4 Å². The summed E-state index contributed by atoms with van der Waals surface area (Å²) in [6, 6.07) is 15.5. The van der Waals surface area contributed by atoms with Gasteiger partial charge in [0.2, 0.25) is 5.91 Å². The third kappa shape index (κ3) is 4.16. The molecule has 1 amide bonds. The van der Waals surface area contributed by atoms with Crippen LogP contribution in [0, 0.1) is 0 Å². The molecular weight excluding hydrogens is 386 g/mol. The topological polar surface area (TPSA) is 62.7 Å². The Morgan fingerprint density at radius 2 is 1.90 bits per heavy atom. The average molecular weight is 410 g/mol. The fourth-order valence-electron chi connectivity index (χ4n) is 3.68. The van der Waals surface area contributed by atoms with Crippen LogP contribution in [0.1, 0.15) is 16.1 Å². The van der Waals surface area contributed by atoms with Crippen molar-refractivity contribution in [2.24, 2.45) is 0 Å². The van der Waals surface area contributed by atoms with Gasteiger partial charge in [-0.1, -0.05) is 36.4 Å².